The van der Waals surface area contributed by atoms with Crippen LogP contribution < -0.4 is 20.7 Å². The van der Waals surface area contributed by atoms with Crippen LogP contribution in [0.5, 0.6) is 5.75 Å². The first-order valence-corrected chi connectivity index (χ1v) is 15.6. The van der Waals surface area contributed by atoms with Gasteiger partial charge in [0.1, 0.15) is 24.3 Å². The molecule has 3 atom stereocenters. The topological polar surface area (TPSA) is 170 Å². The highest BCUT2D eigenvalue weighted by atomic mass is 19.1. The number of hydrogen-bond donors (Lipinski definition) is 3. The summed E-state index contributed by atoms with van der Waals surface area (Å²) < 4.78 is 26.3. The molecule has 0 saturated carbocycles. The lowest BCUT2D eigenvalue weighted by Crippen LogP contribution is -2.59. The van der Waals surface area contributed by atoms with Crippen molar-refractivity contribution < 1.29 is 18.7 Å². The van der Waals surface area contributed by atoms with E-state index in [0.717, 1.165) is 56.5 Å². The first kappa shape index (κ1) is 31.8. The third-order valence-electron chi connectivity index (χ3n) is 8.74. The molecule has 3 unspecified atom stereocenters. The molecule has 0 aliphatic carbocycles. The van der Waals surface area contributed by atoms with Crippen LogP contribution in [0.3, 0.4) is 0 Å². The zero-order chi connectivity index (χ0) is 32.9. The molecule has 1 aromatic heterocycles. The molecular weight excluding hydrogens is 603 g/mol. The average molecular weight is 641 g/mol. The minimum absolute atomic E-state index is 0.127. The molecule has 1 amide bonds. The standard InChI is InChI=1S/C33H37FN10O3/c1-21-16-42(26-18-46-19-26)12-13-44(21)25-5-3-24(4-6-25)40-33-39-20-38-31(41-33)22-2-7-29(23(14-22)15-36)47-30-9-11-43(17-27(30)34)32(45)28(37)8-10-35/h2-8,10,14,20-21,26-27,30,35H,9,11-13,16-19,37H2,1H3,(H,38,39,40,41)/b28-8-,35-10?. The second-order valence-corrected chi connectivity index (χ2v) is 11.9. The van der Waals surface area contributed by atoms with E-state index in [1.807, 2.05) is 12.1 Å². The van der Waals surface area contributed by atoms with Gasteiger partial charge in [-0.3, -0.25) is 9.69 Å². The van der Waals surface area contributed by atoms with Crippen molar-refractivity contribution in [1.29, 1.82) is 10.7 Å². The van der Waals surface area contributed by atoms with Crippen LogP contribution in [0.25, 0.3) is 11.4 Å². The van der Waals surface area contributed by atoms with E-state index in [1.54, 1.807) is 18.2 Å². The smallest absolute Gasteiger partial charge is 0.269 e. The number of piperidine rings is 1. The number of amides is 1. The Morgan fingerprint density at radius 2 is 1.98 bits per heavy atom. The van der Waals surface area contributed by atoms with Gasteiger partial charge in [0.2, 0.25) is 5.95 Å². The summed E-state index contributed by atoms with van der Waals surface area (Å²) in [5, 5.41) is 20.2. The molecule has 2 aromatic carbocycles. The number of ether oxygens (including phenoxy) is 2. The Balaban J connectivity index is 1.08. The summed E-state index contributed by atoms with van der Waals surface area (Å²) in [6.07, 6.45) is 1.35. The van der Waals surface area contributed by atoms with E-state index in [9.17, 15) is 10.1 Å². The second-order valence-electron chi connectivity index (χ2n) is 11.9. The summed E-state index contributed by atoms with van der Waals surface area (Å²) in [5.41, 5.74) is 8.30. The van der Waals surface area contributed by atoms with Crippen molar-refractivity contribution in [2.45, 2.75) is 37.7 Å². The molecule has 3 aliphatic rings. The number of nitrogens with two attached hydrogens (primary N) is 1. The van der Waals surface area contributed by atoms with Gasteiger partial charge in [-0.15, -0.1) is 0 Å². The van der Waals surface area contributed by atoms with Crippen molar-refractivity contribution in [3.63, 3.8) is 0 Å². The van der Waals surface area contributed by atoms with Crippen molar-refractivity contribution in [2.75, 3.05) is 56.2 Å². The van der Waals surface area contributed by atoms with Crippen LogP contribution in [0.1, 0.15) is 18.9 Å². The van der Waals surface area contributed by atoms with Gasteiger partial charge in [-0.05, 0) is 55.5 Å². The number of carbonyl (C=O) groups is 1. The number of carbonyl (C=O) groups excluding carboxylic acids is 1. The third kappa shape index (κ3) is 7.16. The van der Waals surface area contributed by atoms with Crippen LogP contribution >= 0.6 is 0 Å². The number of aromatic nitrogens is 3. The molecule has 244 valence electrons. The van der Waals surface area contributed by atoms with E-state index in [1.165, 1.54) is 11.2 Å². The summed E-state index contributed by atoms with van der Waals surface area (Å²) in [6.45, 7) is 6.95. The number of allylic oxidation sites excluding steroid dienone is 1. The van der Waals surface area contributed by atoms with Crippen LogP contribution in [0.15, 0.2) is 60.6 Å². The number of nitriles is 1. The third-order valence-corrected chi connectivity index (χ3v) is 8.74. The first-order chi connectivity index (χ1) is 22.8. The highest BCUT2D eigenvalue weighted by Crippen LogP contribution is 2.29. The number of hydrogen-bond acceptors (Lipinski definition) is 12. The molecular formula is C33H37FN10O3. The van der Waals surface area contributed by atoms with Crippen molar-refractivity contribution in [1.82, 2.24) is 24.8 Å². The highest BCUT2D eigenvalue weighted by molar-refractivity contribution is 5.96. The lowest BCUT2D eigenvalue weighted by Gasteiger charge is -2.46. The fraction of sp³-hybridized carbons (Fsp3) is 0.394. The van der Waals surface area contributed by atoms with E-state index in [-0.39, 0.29) is 36.5 Å². The Morgan fingerprint density at radius 1 is 1.17 bits per heavy atom. The number of rotatable bonds is 9. The maximum absolute atomic E-state index is 15.0. The Kier molecular flexibility index (Phi) is 9.55. The molecule has 3 saturated heterocycles. The minimum Gasteiger partial charge on any atom is -0.486 e. The lowest BCUT2D eigenvalue weighted by molar-refractivity contribution is -0.131. The molecule has 14 heteroatoms. The molecule has 47 heavy (non-hydrogen) atoms. The molecule has 3 aliphatic heterocycles. The molecule has 4 heterocycles. The largest absolute Gasteiger partial charge is 0.486 e. The number of likely N-dealkylation sites (tertiary alicyclic amines) is 1. The summed E-state index contributed by atoms with van der Waals surface area (Å²) in [6, 6.07) is 16.1. The van der Waals surface area contributed by atoms with E-state index in [2.05, 4.69) is 55.2 Å². The first-order valence-electron chi connectivity index (χ1n) is 15.6. The number of anilines is 3. The number of nitrogens with one attached hydrogen (secondary N) is 2. The Morgan fingerprint density at radius 3 is 2.66 bits per heavy atom. The SMILES string of the molecule is CC1CN(C2COC2)CCN1c1ccc(Nc2ncnc(-c3ccc(OC4CCN(C(=O)/C(N)=C/C=N)CC4F)c(C#N)c3)n2)cc1. The van der Waals surface area contributed by atoms with Gasteiger partial charge in [0.05, 0.1) is 37.1 Å². The van der Waals surface area contributed by atoms with Gasteiger partial charge in [-0.1, -0.05) is 0 Å². The minimum atomic E-state index is -1.49. The van der Waals surface area contributed by atoms with Gasteiger partial charge < -0.3 is 35.7 Å². The van der Waals surface area contributed by atoms with E-state index < -0.39 is 18.2 Å². The summed E-state index contributed by atoms with van der Waals surface area (Å²) in [4.78, 5) is 31.7. The van der Waals surface area contributed by atoms with Crippen LogP contribution in [-0.2, 0) is 9.53 Å². The van der Waals surface area contributed by atoms with Crippen LogP contribution in [-0.4, -0.2) is 107 Å². The predicted molar refractivity (Wildman–Crippen MR) is 174 cm³/mol. The predicted octanol–water partition coefficient (Wildman–Crippen LogP) is 2.87. The van der Waals surface area contributed by atoms with Gasteiger partial charge in [0.25, 0.3) is 5.91 Å². The Labute approximate surface area is 272 Å². The zero-order valence-electron chi connectivity index (χ0n) is 26.1. The summed E-state index contributed by atoms with van der Waals surface area (Å²) >= 11 is 0. The number of benzene rings is 2. The lowest BCUT2D eigenvalue weighted by atomic mass is 10.0. The molecule has 13 nitrogen and oxygen atoms in total. The number of piperazine rings is 1. The van der Waals surface area contributed by atoms with Crippen LogP contribution in [0.2, 0.25) is 0 Å². The Hall–Kier alpha value is -5.13. The van der Waals surface area contributed by atoms with Gasteiger partial charge in [0.15, 0.2) is 12.0 Å². The second kappa shape index (κ2) is 14.1. The number of alkyl halides is 1. The molecule has 3 aromatic rings. The van der Waals surface area contributed by atoms with Crippen molar-refractivity contribution in [3.8, 4) is 23.2 Å². The maximum atomic E-state index is 15.0. The monoisotopic (exact) mass is 640 g/mol. The van der Waals surface area contributed by atoms with E-state index >= 15 is 4.39 Å². The molecule has 3 fully saturated rings. The van der Waals surface area contributed by atoms with E-state index in [4.69, 9.17) is 20.6 Å². The fourth-order valence-corrected chi connectivity index (χ4v) is 6.06. The fourth-order valence-electron chi connectivity index (χ4n) is 6.06. The zero-order valence-corrected chi connectivity index (χ0v) is 26.1. The highest BCUT2D eigenvalue weighted by Gasteiger charge is 2.34. The quantitative estimate of drug-likeness (QED) is 0.232. The van der Waals surface area contributed by atoms with Gasteiger partial charge in [-0.2, -0.15) is 10.2 Å². The molecule has 4 N–H and O–H groups in total. The maximum Gasteiger partial charge on any atom is 0.269 e. The molecule has 6 rings (SSSR count). The normalized spacial score (nSPS) is 22.2. The Bertz CT molecular complexity index is 1680. The van der Waals surface area contributed by atoms with Crippen molar-refractivity contribution in [2.24, 2.45) is 5.73 Å². The van der Waals surface area contributed by atoms with E-state index in [0.29, 0.717) is 29.4 Å². The molecule has 0 bridgehead atoms. The van der Waals surface area contributed by atoms with Gasteiger partial charge in [-0.25, -0.2) is 14.4 Å². The van der Waals surface area contributed by atoms with Gasteiger partial charge >= 0.3 is 0 Å². The number of nitrogens with zero attached hydrogens (tertiary/aromatic N) is 7. The van der Waals surface area contributed by atoms with Crippen molar-refractivity contribution in [3.05, 3.63) is 66.1 Å². The van der Waals surface area contributed by atoms with Crippen LogP contribution in [0.4, 0.5) is 21.7 Å². The van der Waals surface area contributed by atoms with Crippen LogP contribution in [0, 0.1) is 16.7 Å². The summed E-state index contributed by atoms with van der Waals surface area (Å²) in [5.74, 6) is 0.409. The molecule has 0 radical (unpaired) electrons. The average Bonchev–Trinajstić information content (AvgIpc) is 3.05. The molecule has 0 spiro atoms. The van der Waals surface area contributed by atoms with Crippen molar-refractivity contribution >= 4 is 29.4 Å². The summed E-state index contributed by atoms with van der Waals surface area (Å²) in [7, 11) is 0. The number of halogens is 1. The van der Waals surface area contributed by atoms with Gasteiger partial charge in [0, 0.05) is 61.8 Å².